The smallest absolute Gasteiger partial charge is 0.505 e. The molecule has 0 aromatic carbocycles. The van der Waals surface area contributed by atoms with Crippen LogP contribution in [0.4, 0.5) is 12.9 Å². The predicted octanol–water partition coefficient (Wildman–Crippen LogP) is 1.92. The van der Waals surface area contributed by atoms with E-state index in [0.717, 1.165) is 0 Å². The van der Waals surface area contributed by atoms with Crippen LogP contribution >= 0.6 is 0 Å². The van der Waals surface area contributed by atoms with Gasteiger partial charge in [0.25, 0.3) is 0 Å². The Morgan fingerprint density at radius 1 is 1.44 bits per heavy atom. The molecule has 0 amide bonds. The maximum absolute atomic E-state index is 11.3. The van der Waals surface area contributed by atoms with Gasteiger partial charge >= 0.3 is 6.98 Å². The summed E-state index contributed by atoms with van der Waals surface area (Å²) in [6, 6.07) is 0. The minimum absolute atomic E-state index is 0.115. The van der Waals surface area contributed by atoms with Crippen molar-refractivity contribution in [3.63, 3.8) is 0 Å². The molecule has 0 heterocycles. The van der Waals surface area contributed by atoms with Crippen molar-refractivity contribution in [2.75, 3.05) is 6.61 Å². The molecule has 0 aliphatic heterocycles. The first-order valence-corrected chi connectivity index (χ1v) is 2.55. The van der Waals surface area contributed by atoms with Crippen LogP contribution < -0.4 is 0 Å². The van der Waals surface area contributed by atoms with Crippen LogP contribution in [0.3, 0.4) is 0 Å². The number of hydrogen-bond acceptors (Lipinski definition) is 1. The van der Waals surface area contributed by atoms with Gasteiger partial charge in [-0.05, 0) is 6.92 Å². The minimum Gasteiger partial charge on any atom is -0.505 e. The highest BCUT2D eigenvalue weighted by Crippen LogP contribution is 2.08. The summed E-state index contributed by atoms with van der Waals surface area (Å²) in [6.45, 7) is -2.93. The SMILES string of the molecule is CCO/C=C/[B-](F)(F)F. The lowest BCUT2D eigenvalue weighted by Gasteiger charge is -2.05. The highest BCUT2D eigenvalue weighted by atomic mass is 19.4. The van der Waals surface area contributed by atoms with Gasteiger partial charge in [-0.15, -0.1) is 5.98 Å². The number of hydrogen-bond donors (Lipinski definition) is 0. The largest absolute Gasteiger partial charge is 0.505 e. The van der Waals surface area contributed by atoms with E-state index in [4.69, 9.17) is 0 Å². The van der Waals surface area contributed by atoms with E-state index >= 15 is 0 Å². The maximum Gasteiger partial charge on any atom is 0.505 e. The predicted molar refractivity (Wildman–Crippen MR) is 29.8 cm³/mol. The summed E-state index contributed by atoms with van der Waals surface area (Å²) in [6.07, 6.45) is 0.667. The maximum atomic E-state index is 11.3. The van der Waals surface area contributed by atoms with Crippen LogP contribution in [0.2, 0.25) is 0 Å². The summed E-state index contributed by atoms with van der Waals surface area (Å²) in [7, 11) is 0. The van der Waals surface area contributed by atoms with Gasteiger partial charge in [-0.1, -0.05) is 0 Å². The lowest BCUT2D eigenvalue weighted by molar-refractivity contribution is 0.268. The summed E-state index contributed by atoms with van der Waals surface area (Å²) in [4.78, 5) is 0. The summed E-state index contributed by atoms with van der Waals surface area (Å²) in [5.41, 5.74) is 0. The third-order valence-corrected chi connectivity index (χ3v) is 0.560. The Kier molecular flexibility index (Phi) is 3.20. The zero-order chi connectivity index (χ0) is 7.33. The average Bonchev–Trinajstić information content (AvgIpc) is 1.63. The Hall–Kier alpha value is -0.605. The highest BCUT2D eigenvalue weighted by molar-refractivity contribution is 6.64. The first kappa shape index (κ1) is 8.39. The number of halogens is 3. The topological polar surface area (TPSA) is 9.23 Å². The Morgan fingerprint density at radius 2 is 2.00 bits per heavy atom. The van der Waals surface area contributed by atoms with Crippen LogP contribution in [0.1, 0.15) is 6.92 Å². The molecule has 0 unspecified atom stereocenters. The standard InChI is InChI=1S/C4H7BF3O/c1-2-9-4-3-5(6,7)8/h3-4H,2H2,1H3/q-1/b4-3+. The van der Waals surface area contributed by atoms with Crippen LogP contribution in [-0.4, -0.2) is 13.6 Å². The lowest BCUT2D eigenvalue weighted by Crippen LogP contribution is -2.09. The quantitative estimate of drug-likeness (QED) is 0.428. The second-order valence-electron chi connectivity index (χ2n) is 1.41. The minimum atomic E-state index is -4.82. The monoisotopic (exact) mass is 139 g/mol. The molecule has 0 spiro atoms. The van der Waals surface area contributed by atoms with Crippen LogP contribution in [0.25, 0.3) is 0 Å². The van der Waals surface area contributed by atoms with E-state index in [2.05, 4.69) is 4.74 Å². The lowest BCUT2D eigenvalue weighted by atomic mass is 9.93. The fraction of sp³-hybridized carbons (Fsp3) is 0.500. The first-order valence-electron chi connectivity index (χ1n) is 2.55. The van der Waals surface area contributed by atoms with Crippen molar-refractivity contribution in [2.24, 2.45) is 0 Å². The van der Waals surface area contributed by atoms with Gasteiger partial charge in [0.2, 0.25) is 0 Å². The average molecular weight is 139 g/mol. The molecule has 9 heavy (non-hydrogen) atoms. The molecule has 0 rings (SSSR count). The molecular formula is C4H7BF3O-. The molecule has 5 heteroatoms. The van der Waals surface area contributed by atoms with Crippen molar-refractivity contribution < 1.29 is 17.7 Å². The van der Waals surface area contributed by atoms with E-state index < -0.39 is 6.98 Å². The molecule has 0 aromatic heterocycles. The van der Waals surface area contributed by atoms with Crippen molar-refractivity contribution in [3.05, 3.63) is 12.2 Å². The van der Waals surface area contributed by atoms with Crippen LogP contribution in [0.5, 0.6) is 0 Å². The van der Waals surface area contributed by atoms with E-state index in [1.54, 1.807) is 6.92 Å². The number of ether oxygens (including phenoxy) is 1. The van der Waals surface area contributed by atoms with Gasteiger partial charge in [0.1, 0.15) is 0 Å². The molecule has 0 saturated carbocycles. The third kappa shape index (κ3) is 7.39. The van der Waals surface area contributed by atoms with E-state index in [9.17, 15) is 12.9 Å². The Labute approximate surface area is 51.6 Å². The van der Waals surface area contributed by atoms with E-state index in [-0.39, 0.29) is 12.6 Å². The molecule has 0 atom stereocenters. The van der Waals surface area contributed by atoms with Crippen LogP contribution in [0, 0.1) is 0 Å². The van der Waals surface area contributed by atoms with Crippen molar-refractivity contribution in [3.8, 4) is 0 Å². The van der Waals surface area contributed by atoms with Gasteiger partial charge in [0.05, 0.1) is 6.61 Å². The molecule has 0 saturated heterocycles. The molecular weight excluding hydrogens is 132 g/mol. The molecule has 0 fully saturated rings. The van der Waals surface area contributed by atoms with Crippen LogP contribution in [0.15, 0.2) is 12.2 Å². The van der Waals surface area contributed by atoms with Gasteiger partial charge in [0.15, 0.2) is 0 Å². The van der Waals surface area contributed by atoms with Gasteiger partial charge in [-0.3, -0.25) is 0 Å². The van der Waals surface area contributed by atoms with Gasteiger partial charge < -0.3 is 17.7 Å². The second-order valence-corrected chi connectivity index (χ2v) is 1.41. The Bertz CT molecular complexity index is 98.5. The van der Waals surface area contributed by atoms with Crippen molar-refractivity contribution in [1.29, 1.82) is 0 Å². The molecule has 0 N–H and O–H groups in total. The van der Waals surface area contributed by atoms with Crippen molar-refractivity contribution >= 4 is 6.98 Å². The third-order valence-electron chi connectivity index (χ3n) is 0.560. The number of rotatable bonds is 3. The normalized spacial score (nSPS) is 12.4. The molecule has 1 nitrogen and oxygen atoms in total. The van der Waals surface area contributed by atoms with Crippen LogP contribution in [-0.2, 0) is 4.74 Å². The molecule has 54 valence electrons. The van der Waals surface area contributed by atoms with E-state index in [0.29, 0.717) is 6.26 Å². The highest BCUT2D eigenvalue weighted by Gasteiger charge is 2.17. The Balaban J connectivity index is 3.45. The molecule has 0 bridgehead atoms. The molecule has 0 aliphatic rings. The Morgan fingerprint density at radius 3 is 2.33 bits per heavy atom. The summed E-state index contributed by atoms with van der Waals surface area (Å²) < 4.78 is 38.1. The molecule has 0 aromatic rings. The zero-order valence-corrected chi connectivity index (χ0v) is 4.98. The van der Waals surface area contributed by atoms with Gasteiger partial charge in [-0.2, -0.15) is 0 Å². The molecule has 0 aliphatic carbocycles. The van der Waals surface area contributed by atoms with E-state index in [1.165, 1.54) is 0 Å². The fourth-order valence-electron chi connectivity index (χ4n) is 0.241. The van der Waals surface area contributed by atoms with E-state index in [1.807, 2.05) is 0 Å². The van der Waals surface area contributed by atoms with Crippen molar-refractivity contribution in [2.45, 2.75) is 6.92 Å². The molecule has 0 radical (unpaired) electrons. The van der Waals surface area contributed by atoms with Crippen molar-refractivity contribution in [1.82, 2.24) is 0 Å². The fourth-order valence-corrected chi connectivity index (χ4v) is 0.241. The summed E-state index contributed by atoms with van der Waals surface area (Å²) in [5, 5.41) is 0. The first-order chi connectivity index (χ1) is 4.06. The van der Waals surface area contributed by atoms with Gasteiger partial charge in [-0.25, -0.2) is 0 Å². The second kappa shape index (κ2) is 3.43. The summed E-state index contributed by atoms with van der Waals surface area (Å²) >= 11 is 0. The van der Waals surface area contributed by atoms with Gasteiger partial charge in [0, 0.05) is 6.26 Å². The zero-order valence-electron chi connectivity index (χ0n) is 4.98. The summed E-state index contributed by atoms with van der Waals surface area (Å²) in [5.74, 6) is 0.115.